The highest BCUT2D eigenvalue weighted by Gasteiger charge is 2.00. The van der Waals surface area contributed by atoms with Gasteiger partial charge in [0.2, 0.25) is 0 Å². The van der Waals surface area contributed by atoms with Crippen LogP contribution in [-0.2, 0) is 0 Å². The standard InChI is InChI=1S/C11H9BrN2/c1-8-3-2-4-9(5-8)11-6-10(12)7-13-14-11/h2-7H,1H3. The van der Waals surface area contributed by atoms with Crippen LogP contribution < -0.4 is 0 Å². The molecular weight excluding hydrogens is 240 g/mol. The van der Waals surface area contributed by atoms with Gasteiger partial charge in [0.15, 0.2) is 0 Å². The Hall–Kier alpha value is -1.22. The molecule has 0 aliphatic carbocycles. The van der Waals surface area contributed by atoms with Gasteiger partial charge in [-0.05, 0) is 35.0 Å². The molecule has 0 radical (unpaired) electrons. The van der Waals surface area contributed by atoms with Crippen LogP contribution in [0.2, 0.25) is 0 Å². The number of halogens is 1. The smallest absolute Gasteiger partial charge is 0.0940 e. The fraction of sp³-hybridized carbons (Fsp3) is 0.0909. The summed E-state index contributed by atoms with van der Waals surface area (Å²) in [5.41, 5.74) is 3.21. The van der Waals surface area contributed by atoms with Crippen molar-refractivity contribution in [2.24, 2.45) is 0 Å². The molecule has 0 aliphatic rings. The summed E-state index contributed by atoms with van der Waals surface area (Å²) >= 11 is 3.38. The van der Waals surface area contributed by atoms with Crippen LogP contribution in [0.5, 0.6) is 0 Å². The van der Waals surface area contributed by atoms with Gasteiger partial charge in [0, 0.05) is 10.0 Å². The van der Waals surface area contributed by atoms with E-state index in [4.69, 9.17) is 0 Å². The van der Waals surface area contributed by atoms with Crippen LogP contribution in [0.4, 0.5) is 0 Å². The molecule has 2 rings (SSSR count). The van der Waals surface area contributed by atoms with E-state index in [1.807, 2.05) is 18.2 Å². The summed E-state index contributed by atoms with van der Waals surface area (Å²) in [6.07, 6.45) is 1.68. The predicted molar refractivity (Wildman–Crippen MR) is 59.9 cm³/mol. The minimum absolute atomic E-state index is 0.892. The van der Waals surface area contributed by atoms with E-state index in [1.165, 1.54) is 5.56 Å². The van der Waals surface area contributed by atoms with Gasteiger partial charge in [-0.3, -0.25) is 0 Å². The second-order valence-electron chi connectivity index (χ2n) is 3.13. The Morgan fingerprint density at radius 1 is 1.21 bits per heavy atom. The fourth-order valence-corrected chi connectivity index (χ4v) is 1.60. The summed E-state index contributed by atoms with van der Waals surface area (Å²) in [6.45, 7) is 2.06. The number of benzene rings is 1. The van der Waals surface area contributed by atoms with E-state index >= 15 is 0 Å². The van der Waals surface area contributed by atoms with Crippen LogP contribution in [0.3, 0.4) is 0 Å². The first-order valence-electron chi connectivity index (χ1n) is 4.31. The maximum atomic E-state index is 4.07. The van der Waals surface area contributed by atoms with Crippen molar-refractivity contribution in [2.75, 3.05) is 0 Å². The lowest BCUT2D eigenvalue weighted by atomic mass is 10.1. The molecule has 0 unspecified atom stereocenters. The molecule has 0 N–H and O–H groups in total. The second kappa shape index (κ2) is 3.88. The van der Waals surface area contributed by atoms with Gasteiger partial charge < -0.3 is 0 Å². The van der Waals surface area contributed by atoms with Crippen molar-refractivity contribution >= 4 is 15.9 Å². The first-order valence-corrected chi connectivity index (χ1v) is 5.10. The van der Waals surface area contributed by atoms with E-state index in [2.05, 4.69) is 45.2 Å². The van der Waals surface area contributed by atoms with Crippen LogP contribution >= 0.6 is 15.9 Å². The molecule has 0 fully saturated rings. The maximum absolute atomic E-state index is 4.07. The minimum atomic E-state index is 0.892. The Morgan fingerprint density at radius 2 is 2.07 bits per heavy atom. The van der Waals surface area contributed by atoms with Crippen LogP contribution in [0, 0.1) is 6.92 Å². The first-order chi connectivity index (χ1) is 6.75. The highest BCUT2D eigenvalue weighted by Crippen LogP contribution is 2.19. The lowest BCUT2D eigenvalue weighted by molar-refractivity contribution is 1.03. The average Bonchev–Trinajstić information content (AvgIpc) is 2.18. The van der Waals surface area contributed by atoms with Gasteiger partial charge in [-0.1, -0.05) is 23.8 Å². The Kier molecular flexibility index (Phi) is 2.59. The number of aromatic nitrogens is 2. The van der Waals surface area contributed by atoms with Crippen molar-refractivity contribution in [3.63, 3.8) is 0 Å². The number of nitrogens with zero attached hydrogens (tertiary/aromatic N) is 2. The Bertz CT molecular complexity index is 411. The van der Waals surface area contributed by atoms with Crippen LogP contribution in [0.1, 0.15) is 5.56 Å². The van der Waals surface area contributed by atoms with Gasteiger partial charge in [0.1, 0.15) is 0 Å². The van der Waals surface area contributed by atoms with Crippen molar-refractivity contribution in [1.82, 2.24) is 10.2 Å². The van der Waals surface area contributed by atoms with Crippen LogP contribution in [-0.4, -0.2) is 10.2 Å². The first kappa shape index (κ1) is 9.34. The highest BCUT2D eigenvalue weighted by molar-refractivity contribution is 9.10. The van der Waals surface area contributed by atoms with E-state index in [0.29, 0.717) is 0 Å². The van der Waals surface area contributed by atoms with Crippen molar-refractivity contribution in [3.05, 3.63) is 46.6 Å². The number of hydrogen-bond donors (Lipinski definition) is 0. The van der Waals surface area contributed by atoms with Crippen molar-refractivity contribution in [1.29, 1.82) is 0 Å². The third kappa shape index (κ3) is 1.99. The summed E-state index contributed by atoms with van der Waals surface area (Å²) in [7, 11) is 0. The SMILES string of the molecule is Cc1cccc(-c2cc(Br)cnn2)c1. The summed E-state index contributed by atoms with van der Waals surface area (Å²) in [5.74, 6) is 0. The molecule has 2 nitrogen and oxygen atoms in total. The molecule has 3 heteroatoms. The third-order valence-corrected chi connectivity index (χ3v) is 2.37. The molecule has 0 atom stereocenters. The molecule has 1 aromatic heterocycles. The van der Waals surface area contributed by atoms with Crippen molar-refractivity contribution < 1.29 is 0 Å². The van der Waals surface area contributed by atoms with Crippen molar-refractivity contribution in [2.45, 2.75) is 6.92 Å². The second-order valence-corrected chi connectivity index (χ2v) is 4.04. The quantitative estimate of drug-likeness (QED) is 0.775. The fourth-order valence-electron chi connectivity index (χ4n) is 1.29. The topological polar surface area (TPSA) is 25.8 Å². The summed E-state index contributed by atoms with van der Waals surface area (Å²) < 4.78 is 0.948. The predicted octanol–water partition coefficient (Wildman–Crippen LogP) is 3.21. The van der Waals surface area contributed by atoms with Crippen LogP contribution in [0.25, 0.3) is 11.3 Å². The zero-order chi connectivity index (χ0) is 9.97. The Balaban J connectivity index is 2.49. The Morgan fingerprint density at radius 3 is 2.79 bits per heavy atom. The van der Waals surface area contributed by atoms with E-state index < -0.39 is 0 Å². The summed E-state index contributed by atoms with van der Waals surface area (Å²) in [6, 6.07) is 10.2. The zero-order valence-corrected chi connectivity index (χ0v) is 9.32. The third-order valence-electron chi connectivity index (χ3n) is 1.93. The monoisotopic (exact) mass is 248 g/mol. The molecule has 1 heterocycles. The van der Waals surface area contributed by atoms with Crippen molar-refractivity contribution in [3.8, 4) is 11.3 Å². The minimum Gasteiger partial charge on any atom is -0.157 e. The van der Waals surface area contributed by atoms with E-state index in [1.54, 1.807) is 6.20 Å². The molecular formula is C11H9BrN2. The van der Waals surface area contributed by atoms with Crippen LogP contribution in [0.15, 0.2) is 41.0 Å². The van der Waals surface area contributed by atoms with Gasteiger partial charge in [0.05, 0.1) is 11.9 Å². The van der Waals surface area contributed by atoms with Gasteiger partial charge >= 0.3 is 0 Å². The molecule has 1 aromatic carbocycles. The maximum Gasteiger partial charge on any atom is 0.0940 e. The molecule has 0 saturated carbocycles. The molecule has 0 amide bonds. The Labute approximate surface area is 91.1 Å². The van der Waals surface area contributed by atoms with E-state index in [0.717, 1.165) is 15.7 Å². The largest absolute Gasteiger partial charge is 0.157 e. The lowest BCUT2D eigenvalue weighted by Crippen LogP contribution is -1.87. The molecule has 0 bridgehead atoms. The zero-order valence-electron chi connectivity index (χ0n) is 7.74. The van der Waals surface area contributed by atoms with Gasteiger partial charge in [0.25, 0.3) is 0 Å². The molecule has 70 valence electrons. The van der Waals surface area contributed by atoms with Gasteiger partial charge in [-0.15, -0.1) is 0 Å². The lowest BCUT2D eigenvalue weighted by Gasteiger charge is -2.00. The van der Waals surface area contributed by atoms with Gasteiger partial charge in [-0.25, -0.2) is 0 Å². The molecule has 14 heavy (non-hydrogen) atoms. The number of rotatable bonds is 1. The summed E-state index contributed by atoms with van der Waals surface area (Å²) in [4.78, 5) is 0. The molecule has 0 spiro atoms. The highest BCUT2D eigenvalue weighted by atomic mass is 79.9. The van der Waals surface area contributed by atoms with E-state index in [9.17, 15) is 0 Å². The number of hydrogen-bond acceptors (Lipinski definition) is 2. The van der Waals surface area contributed by atoms with E-state index in [-0.39, 0.29) is 0 Å². The summed E-state index contributed by atoms with van der Waals surface area (Å²) in [5, 5.41) is 7.96. The molecule has 2 aromatic rings. The normalized spacial score (nSPS) is 10.1. The van der Waals surface area contributed by atoms with Gasteiger partial charge in [-0.2, -0.15) is 10.2 Å². The number of aryl methyl sites for hydroxylation is 1. The molecule has 0 aliphatic heterocycles. The molecule has 0 saturated heterocycles. The average molecular weight is 249 g/mol.